The predicted octanol–water partition coefficient (Wildman–Crippen LogP) is 3.78. The summed E-state index contributed by atoms with van der Waals surface area (Å²) in [7, 11) is 4.74. The average Bonchev–Trinajstić information content (AvgIpc) is 3.22. The van der Waals surface area contributed by atoms with Crippen LogP contribution in [-0.2, 0) is 9.59 Å². The van der Waals surface area contributed by atoms with Crippen LogP contribution < -0.4 is 9.47 Å². The molecule has 0 unspecified atom stereocenters. The van der Waals surface area contributed by atoms with E-state index in [0.717, 1.165) is 19.3 Å². The standard InChI is InChI=1S/C25H28FN3O4/c1-28(25(31)16-7-6-8-16)15-24(30)29-22(18-9-4-5-10-20(18)26)14-21(27-29)19-12-11-17(32-2)13-23(19)33-3/h4-5,9-13,16,22H,6-8,14-15H2,1-3H3/t22-/m1/s1. The topological polar surface area (TPSA) is 71.4 Å². The van der Waals surface area contributed by atoms with E-state index in [0.29, 0.717) is 34.8 Å². The largest absolute Gasteiger partial charge is 0.497 e. The number of carbonyl (C=O) groups excluding carboxylic acids is 2. The Bertz CT molecular complexity index is 1080. The van der Waals surface area contributed by atoms with Crippen molar-refractivity contribution in [1.29, 1.82) is 0 Å². The molecule has 1 aliphatic carbocycles. The van der Waals surface area contributed by atoms with E-state index < -0.39 is 11.9 Å². The first-order valence-corrected chi connectivity index (χ1v) is 11.0. The summed E-state index contributed by atoms with van der Waals surface area (Å²) in [5.74, 6) is 0.373. The van der Waals surface area contributed by atoms with E-state index in [2.05, 4.69) is 5.10 Å². The van der Waals surface area contributed by atoms with Crippen molar-refractivity contribution in [3.05, 3.63) is 59.4 Å². The Hall–Kier alpha value is -3.42. The molecule has 0 N–H and O–H groups in total. The summed E-state index contributed by atoms with van der Waals surface area (Å²) in [6.45, 7) is -0.114. The van der Waals surface area contributed by atoms with Gasteiger partial charge in [-0.05, 0) is 31.0 Å². The highest BCUT2D eigenvalue weighted by Gasteiger charge is 2.37. The first-order valence-electron chi connectivity index (χ1n) is 11.0. The van der Waals surface area contributed by atoms with Crippen LogP contribution in [0.3, 0.4) is 0 Å². The predicted molar refractivity (Wildman–Crippen MR) is 122 cm³/mol. The molecule has 0 radical (unpaired) electrons. The Morgan fingerprint density at radius 3 is 2.55 bits per heavy atom. The van der Waals surface area contributed by atoms with Gasteiger partial charge in [0.2, 0.25) is 5.91 Å². The number of hydrazone groups is 1. The smallest absolute Gasteiger partial charge is 0.262 e. The van der Waals surface area contributed by atoms with Gasteiger partial charge < -0.3 is 14.4 Å². The van der Waals surface area contributed by atoms with Gasteiger partial charge in [0.05, 0.1) is 26.0 Å². The molecule has 1 saturated carbocycles. The molecule has 8 heteroatoms. The van der Waals surface area contributed by atoms with Crippen molar-refractivity contribution in [3.63, 3.8) is 0 Å². The number of rotatable bonds is 7. The molecule has 33 heavy (non-hydrogen) atoms. The Labute approximate surface area is 192 Å². The second kappa shape index (κ2) is 9.60. The summed E-state index contributed by atoms with van der Waals surface area (Å²) in [6.07, 6.45) is 3.07. The Kier molecular flexibility index (Phi) is 6.62. The molecule has 7 nitrogen and oxygen atoms in total. The van der Waals surface area contributed by atoms with Crippen molar-refractivity contribution in [2.75, 3.05) is 27.8 Å². The van der Waals surface area contributed by atoms with E-state index in [1.165, 1.54) is 16.0 Å². The van der Waals surface area contributed by atoms with Crippen molar-refractivity contribution in [2.24, 2.45) is 11.0 Å². The van der Waals surface area contributed by atoms with Crippen LogP contribution in [0.4, 0.5) is 4.39 Å². The normalized spacial score (nSPS) is 17.9. The van der Waals surface area contributed by atoms with Gasteiger partial charge in [0, 0.05) is 36.6 Å². The van der Waals surface area contributed by atoms with Gasteiger partial charge in [-0.25, -0.2) is 9.40 Å². The number of likely N-dealkylation sites (N-methyl/N-ethyl adjacent to an activating group) is 1. The third-order valence-electron chi connectivity index (χ3n) is 6.35. The van der Waals surface area contributed by atoms with Crippen molar-refractivity contribution in [3.8, 4) is 11.5 Å². The van der Waals surface area contributed by atoms with Crippen LogP contribution >= 0.6 is 0 Å². The zero-order chi connectivity index (χ0) is 23.5. The minimum absolute atomic E-state index is 0.00800. The van der Waals surface area contributed by atoms with Gasteiger partial charge in [0.15, 0.2) is 0 Å². The number of ether oxygens (including phenoxy) is 2. The number of hydrogen-bond acceptors (Lipinski definition) is 5. The van der Waals surface area contributed by atoms with Crippen LogP contribution in [-0.4, -0.2) is 55.2 Å². The van der Waals surface area contributed by atoms with E-state index in [-0.39, 0.29) is 24.3 Å². The monoisotopic (exact) mass is 453 g/mol. The lowest BCUT2D eigenvalue weighted by Gasteiger charge is -2.30. The molecule has 4 rings (SSSR count). The summed E-state index contributed by atoms with van der Waals surface area (Å²) in [6, 6.07) is 11.1. The SMILES string of the molecule is COc1ccc(C2=NN(C(=O)CN(C)C(=O)C3CCC3)[C@@H](c3ccccc3F)C2)c(OC)c1. The maximum Gasteiger partial charge on any atom is 0.262 e. The van der Waals surface area contributed by atoms with Crippen LogP contribution in [0.1, 0.15) is 42.9 Å². The molecule has 2 aromatic rings. The maximum atomic E-state index is 14.7. The summed E-state index contributed by atoms with van der Waals surface area (Å²) >= 11 is 0. The molecular formula is C25H28FN3O4. The Morgan fingerprint density at radius 2 is 1.91 bits per heavy atom. The van der Waals surface area contributed by atoms with Gasteiger partial charge in [-0.3, -0.25) is 9.59 Å². The Morgan fingerprint density at radius 1 is 1.15 bits per heavy atom. The second-order valence-electron chi connectivity index (χ2n) is 8.41. The van der Waals surface area contributed by atoms with E-state index >= 15 is 0 Å². The van der Waals surface area contributed by atoms with Crippen molar-refractivity contribution >= 4 is 17.5 Å². The molecule has 1 fully saturated rings. The van der Waals surface area contributed by atoms with E-state index in [9.17, 15) is 14.0 Å². The molecule has 1 atom stereocenters. The van der Waals surface area contributed by atoms with Crippen LogP contribution in [0.15, 0.2) is 47.6 Å². The highest BCUT2D eigenvalue weighted by atomic mass is 19.1. The molecule has 0 aromatic heterocycles. The number of amides is 2. The molecule has 0 saturated heterocycles. The number of methoxy groups -OCH3 is 2. The molecule has 0 bridgehead atoms. The Balaban J connectivity index is 1.64. The third-order valence-corrected chi connectivity index (χ3v) is 6.35. The van der Waals surface area contributed by atoms with Gasteiger partial charge in [0.1, 0.15) is 23.9 Å². The fourth-order valence-electron chi connectivity index (χ4n) is 4.25. The fraction of sp³-hybridized carbons (Fsp3) is 0.400. The fourth-order valence-corrected chi connectivity index (χ4v) is 4.25. The molecular weight excluding hydrogens is 425 g/mol. The first kappa shape index (κ1) is 22.8. The quantitative estimate of drug-likeness (QED) is 0.640. The number of benzene rings is 2. The number of halogens is 1. The van der Waals surface area contributed by atoms with Crippen molar-refractivity contribution < 1.29 is 23.5 Å². The van der Waals surface area contributed by atoms with Gasteiger partial charge in [-0.15, -0.1) is 0 Å². The first-order chi connectivity index (χ1) is 15.9. The number of hydrogen-bond donors (Lipinski definition) is 0. The van der Waals surface area contributed by atoms with Gasteiger partial charge in [-0.1, -0.05) is 24.6 Å². The lowest BCUT2D eigenvalue weighted by Crippen LogP contribution is -2.43. The van der Waals surface area contributed by atoms with Gasteiger partial charge in [-0.2, -0.15) is 5.10 Å². The van der Waals surface area contributed by atoms with E-state index in [1.807, 2.05) is 6.07 Å². The van der Waals surface area contributed by atoms with Crippen molar-refractivity contribution in [1.82, 2.24) is 9.91 Å². The number of carbonyl (C=O) groups is 2. The average molecular weight is 454 g/mol. The zero-order valence-corrected chi connectivity index (χ0v) is 19.1. The molecule has 2 amide bonds. The maximum absolute atomic E-state index is 14.7. The summed E-state index contributed by atoms with van der Waals surface area (Å²) in [5, 5.41) is 5.90. The van der Waals surface area contributed by atoms with Crippen molar-refractivity contribution in [2.45, 2.75) is 31.7 Å². The summed E-state index contributed by atoms with van der Waals surface area (Å²) in [5.41, 5.74) is 1.68. The van der Waals surface area contributed by atoms with Crippen LogP contribution in [0.25, 0.3) is 0 Å². The minimum atomic E-state index is -0.618. The van der Waals surface area contributed by atoms with Crippen LogP contribution in [0.2, 0.25) is 0 Å². The molecule has 2 aromatic carbocycles. The molecule has 1 aliphatic heterocycles. The second-order valence-corrected chi connectivity index (χ2v) is 8.41. The van der Waals surface area contributed by atoms with E-state index in [1.54, 1.807) is 51.6 Å². The van der Waals surface area contributed by atoms with Gasteiger partial charge >= 0.3 is 0 Å². The molecule has 2 aliphatic rings. The van der Waals surface area contributed by atoms with E-state index in [4.69, 9.17) is 9.47 Å². The minimum Gasteiger partial charge on any atom is -0.497 e. The molecule has 1 heterocycles. The zero-order valence-electron chi connectivity index (χ0n) is 19.1. The molecule has 0 spiro atoms. The summed E-state index contributed by atoms with van der Waals surface area (Å²) < 4.78 is 25.5. The number of nitrogens with zero attached hydrogens (tertiary/aromatic N) is 3. The highest BCUT2D eigenvalue weighted by Crippen LogP contribution is 2.37. The lowest BCUT2D eigenvalue weighted by atomic mass is 9.84. The van der Waals surface area contributed by atoms with Gasteiger partial charge in [0.25, 0.3) is 5.91 Å². The lowest BCUT2D eigenvalue weighted by molar-refractivity contribution is -0.144. The van der Waals surface area contributed by atoms with Crippen LogP contribution in [0.5, 0.6) is 11.5 Å². The summed E-state index contributed by atoms with van der Waals surface area (Å²) in [4.78, 5) is 27.3. The van der Waals surface area contributed by atoms with Crippen LogP contribution in [0, 0.1) is 11.7 Å². The highest BCUT2D eigenvalue weighted by molar-refractivity contribution is 6.05. The molecule has 174 valence electrons. The third kappa shape index (κ3) is 4.55.